The first-order valence-electron chi connectivity index (χ1n) is 6.79. The van der Waals surface area contributed by atoms with Crippen LogP contribution in [0, 0.1) is 6.92 Å². The molecule has 20 heavy (non-hydrogen) atoms. The number of nitrogens with one attached hydrogen (secondary N) is 1. The number of rotatable bonds is 2. The Morgan fingerprint density at radius 3 is 2.90 bits per heavy atom. The molecule has 0 saturated carbocycles. The maximum Gasteiger partial charge on any atom is 0.0884 e. The summed E-state index contributed by atoms with van der Waals surface area (Å²) in [6.45, 7) is 2.86. The number of aromatic nitrogens is 3. The predicted octanol–water partition coefficient (Wildman–Crippen LogP) is 3.87. The van der Waals surface area contributed by atoms with Gasteiger partial charge in [0.2, 0.25) is 0 Å². The molecule has 3 nitrogen and oxygen atoms in total. The fourth-order valence-corrected chi connectivity index (χ4v) is 2.72. The van der Waals surface area contributed by atoms with Gasteiger partial charge in [0, 0.05) is 23.1 Å². The topological polar surface area (TPSA) is 33.6 Å². The second-order valence-corrected chi connectivity index (χ2v) is 5.18. The fourth-order valence-electron chi connectivity index (χ4n) is 2.72. The summed E-state index contributed by atoms with van der Waals surface area (Å²) in [6.07, 6.45) is 2.10. The number of fused-ring (bicyclic) bond motifs is 2. The molecule has 1 N–H and O–H groups in total. The van der Waals surface area contributed by atoms with Crippen molar-refractivity contribution >= 4 is 21.9 Å². The Labute approximate surface area is 116 Å². The predicted molar refractivity (Wildman–Crippen MR) is 81.9 cm³/mol. The number of H-pyrrole nitrogens is 1. The normalized spacial score (nSPS) is 11.4. The van der Waals surface area contributed by atoms with Gasteiger partial charge in [-0.25, -0.2) is 0 Å². The Kier molecular flexibility index (Phi) is 2.39. The zero-order valence-electron chi connectivity index (χ0n) is 11.3. The molecule has 4 aromatic rings. The zero-order chi connectivity index (χ0) is 13.5. The summed E-state index contributed by atoms with van der Waals surface area (Å²) < 4.78 is 2.23. The van der Waals surface area contributed by atoms with Crippen molar-refractivity contribution in [1.82, 2.24) is 14.5 Å². The molecule has 3 aromatic heterocycles. The molecular weight excluding hydrogens is 246 g/mol. The number of aromatic amines is 1. The highest BCUT2D eigenvalue weighted by Gasteiger charge is 2.05. The first-order valence-corrected chi connectivity index (χ1v) is 6.79. The van der Waals surface area contributed by atoms with Crippen molar-refractivity contribution in [2.24, 2.45) is 0 Å². The molecule has 0 saturated heterocycles. The van der Waals surface area contributed by atoms with Crippen LogP contribution in [-0.2, 0) is 6.54 Å². The van der Waals surface area contributed by atoms with Gasteiger partial charge in [-0.05, 0) is 42.6 Å². The lowest BCUT2D eigenvalue weighted by molar-refractivity contribution is 0.816. The third kappa shape index (κ3) is 1.79. The lowest BCUT2D eigenvalue weighted by atomic mass is 10.2. The van der Waals surface area contributed by atoms with Crippen LogP contribution in [0.5, 0.6) is 0 Å². The van der Waals surface area contributed by atoms with Crippen LogP contribution in [0.2, 0.25) is 0 Å². The molecular formula is C17H15N3. The van der Waals surface area contributed by atoms with Crippen molar-refractivity contribution in [1.29, 1.82) is 0 Å². The molecule has 0 atom stereocenters. The highest BCUT2D eigenvalue weighted by atomic mass is 15.0. The maximum atomic E-state index is 4.55. The summed E-state index contributed by atoms with van der Waals surface area (Å²) >= 11 is 0. The molecule has 1 aromatic carbocycles. The highest BCUT2D eigenvalue weighted by Crippen LogP contribution is 2.19. The van der Waals surface area contributed by atoms with E-state index in [2.05, 4.69) is 69.3 Å². The second-order valence-electron chi connectivity index (χ2n) is 5.18. The first kappa shape index (κ1) is 11.3. The van der Waals surface area contributed by atoms with E-state index in [0.29, 0.717) is 0 Å². The molecule has 3 heteroatoms. The molecule has 3 heterocycles. The minimum atomic E-state index is 0.836. The average molecular weight is 261 g/mol. The average Bonchev–Trinajstić information content (AvgIpc) is 3.02. The monoisotopic (exact) mass is 261 g/mol. The largest absolute Gasteiger partial charge is 0.357 e. The Morgan fingerprint density at radius 2 is 2.00 bits per heavy atom. The fraction of sp³-hybridized carbons (Fsp3) is 0.118. The minimum absolute atomic E-state index is 0.836. The van der Waals surface area contributed by atoms with E-state index in [1.54, 1.807) is 0 Å². The summed E-state index contributed by atoms with van der Waals surface area (Å²) in [4.78, 5) is 8.02. The number of benzene rings is 1. The molecule has 0 amide bonds. The molecule has 0 aliphatic rings. The van der Waals surface area contributed by atoms with Crippen LogP contribution in [0.4, 0.5) is 0 Å². The van der Waals surface area contributed by atoms with Crippen LogP contribution < -0.4 is 0 Å². The summed E-state index contributed by atoms with van der Waals surface area (Å²) in [6, 6.07) is 16.8. The third-order valence-corrected chi connectivity index (χ3v) is 3.69. The summed E-state index contributed by atoms with van der Waals surface area (Å²) in [5, 5.41) is 1.26. The van der Waals surface area contributed by atoms with Gasteiger partial charge >= 0.3 is 0 Å². The van der Waals surface area contributed by atoms with Gasteiger partial charge < -0.3 is 9.55 Å². The van der Waals surface area contributed by atoms with Crippen LogP contribution >= 0.6 is 0 Å². The Hall–Kier alpha value is -2.55. The van der Waals surface area contributed by atoms with Crippen molar-refractivity contribution in [3.8, 4) is 0 Å². The summed E-state index contributed by atoms with van der Waals surface area (Å²) in [5.41, 5.74) is 5.69. The van der Waals surface area contributed by atoms with Crippen LogP contribution in [-0.4, -0.2) is 14.5 Å². The molecule has 0 bridgehead atoms. The summed E-state index contributed by atoms with van der Waals surface area (Å²) in [5.74, 6) is 0. The van der Waals surface area contributed by atoms with Gasteiger partial charge in [-0.15, -0.1) is 0 Å². The van der Waals surface area contributed by atoms with Crippen molar-refractivity contribution < 1.29 is 0 Å². The van der Waals surface area contributed by atoms with E-state index in [-0.39, 0.29) is 0 Å². The highest BCUT2D eigenvalue weighted by molar-refractivity contribution is 5.80. The van der Waals surface area contributed by atoms with Crippen molar-refractivity contribution in [3.63, 3.8) is 0 Å². The number of pyridine rings is 1. The maximum absolute atomic E-state index is 4.55. The summed E-state index contributed by atoms with van der Waals surface area (Å²) in [7, 11) is 0. The molecule has 98 valence electrons. The Balaban J connectivity index is 1.76. The number of hydrogen-bond acceptors (Lipinski definition) is 1. The van der Waals surface area contributed by atoms with Gasteiger partial charge in [0.25, 0.3) is 0 Å². The van der Waals surface area contributed by atoms with E-state index in [4.69, 9.17) is 0 Å². The number of hydrogen-bond donors (Lipinski definition) is 1. The van der Waals surface area contributed by atoms with Crippen molar-refractivity contribution in [2.45, 2.75) is 13.5 Å². The molecule has 0 aliphatic heterocycles. The van der Waals surface area contributed by atoms with E-state index in [0.717, 1.165) is 17.8 Å². The van der Waals surface area contributed by atoms with Gasteiger partial charge in [0.15, 0.2) is 0 Å². The standard InChI is InChI=1S/C17H15N3/c1-12-6-7-17-16(18-12)8-9-20(17)11-14-10-13-4-2-3-5-15(13)19-14/h2-10,19H,11H2,1H3. The van der Waals surface area contributed by atoms with Gasteiger partial charge in [0.05, 0.1) is 17.6 Å². The zero-order valence-corrected chi connectivity index (χ0v) is 11.3. The van der Waals surface area contributed by atoms with Crippen molar-refractivity contribution in [2.75, 3.05) is 0 Å². The second kappa shape index (κ2) is 4.23. The van der Waals surface area contributed by atoms with E-state index >= 15 is 0 Å². The van der Waals surface area contributed by atoms with Crippen LogP contribution in [0.15, 0.2) is 54.7 Å². The van der Waals surface area contributed by atoms with E-state index in [1.807, 2.05) is 6.92 Å². The van der Waals surface area contributed by atoms with Crippen LogP contribution in [0.25, 0.3) is 21.9 Å². The molecule has 0 fully saturated rings. The van der Waals surface area contributed by atoms with Gasteiger partial charge in [-0.1, -0.05) is 18.2 Å². The Bertz CT molecular complexity index is 866. The third-order valence-electron chi connectivity index (χ3n) is 3.69. The Morgan fingerprint density at radius 1 is 1.10 bits per heavy atom. The SMILES string of the molecule is Cc1ccc2c(ccn2Cc2cc3ccccc3[nH]2)n1. The number of aryl methyl sites for hydroxylation is 1. The van der Waals surface area contributed by atoms with E-state index < -0.39 is 0 Å². The molecule has 0 unspecified atom stereocenters. The van der Waals surface area contributed by atoms with E-state index in [9.17, 15) is 0 Å². The minimum Gasteiger partial charge on any atom is -0.357 e. The smallest absolute Gasteiger partial charge is 0.0884 e. The van der Waals surface area contributed by atoms with Crippen LogP contribution in [0.1, 0.15) is 11.4 Å². The van der Waals surface area contributed by atoms with Gasteiger partial charge in [0.1, 0.15) is 0 Å². The van der Waals surface area contributed by atoms with Crippen molar-refractivity contribution in [3.05, 3.63) is 66.1 Å². The van der Waals surface area contributed by atoms with Gasteiger partial charge in [-0.2, -0.15) is 0 Å². The molecule has 4 rings (SSSR count). The quantitative estimate of drug-likeness (QED) is 0.584. The molecule has 0 spiro atoms. The lowest BCUT2D eigenvalue weighted by Crippen LogP contribution is -1.98. The molecule has 0 radical (unpaired) electrons. The lowest BCUT2D eigenvalue weighted by Gasteiger charge is -2.03. The van der Waals surface area contributed by atoms with Gasteiger partial charge in [-0.3, -0.25) is 4.98 Å². The number of nitrogens with zero attached hydrogens (tertiary/aromatic N) is 2. The molecule has 0 aliphatic carbocycles. The number of para-hydroxylation sites is 1. The van der Waals surface area contributed by atoms with E-state index in [1.165, 1.54) is 22.1 Å². The van der Waals surface area contributed by atoms with Crippen LogP contribution in [0.3, 0.4) is 0 Å². The first-order chi connectivity index (χ1) is 9.79.